The van der Waals surface area contributed by atoms with Crippen LogP contribution in [0.2, 0.25) is 0 Å². The molecule has 7 nitrogen and oxygen atoms in total. The molecule has 1 aromatic heterocycles. The van der Waals surface area contributed by atoms with Gasteiger partial charge >= 0.3 is 6.18 Å². The van der Waals surface area contributed by atoms with E-state index in [2.05, 4.69) is 15.2 Å². The van der Waals surface area contributed by atoms with Crippen LogP contribution in [-0.4, -0.2) is 27.3 Å². The smallest absolute Gasteiger partial charge is 0.316 e. The highest BCUT2D eigenvalue weighted by atomic mass is 31.2. The topological polar surface area (TPSA) is 86.3 Å². The summed E-state index contributed by atoms with van der Waals surface area (Å²) in [7, 11) is -2.56. The van der Waals surface area contributed by atoms with E-state index in [-0.39, 0.29) is 35.6 Å². The van der Waals surface area contributed by atoms with Crippen molar-refractivity contribution in [2.24, 2.45) is 4.99 Å². The predicted octanol–water partition coefficient (Wildman–Crippen LogP) is 5.22. The Morgan fingerprint density at radius 2 is 1.82 bits per heavy atom. The molecule has 3 aromatic rings. The van der Waals surface area contributed by atoms with Crippen molar-refractivity contribution in [2.45, 2.75) is 26.1 Å². The summed E-state index contributed by atoms with van der Waals surface area (Å²) in [5.41, 5.74) is -0.616. The molecule has 0 aliphatic carbocycles. The molecular weight excluding hydrogens is 471 g/mol. The van der Waals surface area contributed by atoms with Crippen LogP contribution in [0.15, 0.2) is 53.5 Å². The first-order valence-electron chi connectivity index (χ1n) is 10.1. The van der Waals surface area contributed by atoms with Crippen molar-refractivity contribution in [1.82, 2.24) is 14.5 Å². The van der Waals surface area contributed by atoms with Crippen LogP contribution in [0.1, 0.15) is 23.2 Å². The number of nitrogens with zero attached hydrogens (tertiary/aromatic N) is 5. The maximum atomic E-state index is 14.6. The minimum atomic E-state index is -4.68. The zero-order valence-corrected chi connectivity index (χ0v) is 19.0. The number of rotatable bonds is 5. The second kappa shape index (κ2) is 8.61. The van der Waals surface area contributed by atoms with Crippen LogP contribution in [0.5, 0.6) is 0 Å². The number of benzene rings is 2. The molecule has 176 valence electrons. The van der Waals surface area contributed by atoms with E-state index in [1.807, 2.05) is 6.07 Å². The van der Waals surface area contributed by atoms with Gasteiger partial charge < -0.3 is 5.09 Å². The molecule has 4 rings (SSSR count). The Labute approximate surface area is 192 Å². The largest absolute Gasteiger partial charge is 0.418 e. The van der Waals surface area contributed by atoms with Crippen LogP contribution in [0.3, 0.4) is 0 Å². The lowest BCUT2D eigenvalue weighted by Crippen LogP contribution is -2.37. The molecular formula is C22H19F4N6OP. The first kappa shape index (κ1) is 23.5. The molecule has 2 aromatic carbocycles. The first-order valence-corrected chi connectivity index (χ1v) is 11.8. The van der Waals surface area contributed by atoms with E-state index in [4.69, 9.17) is 5.26 Å². The van der Waals surface area contributed by atoms with Gasteiger partial charge in [0.15, 0.2) is 5.82 Å². The van der Waals surface area contributed by atoms with Gasteiger partial charge in [-0.05, 0) is 43.3 Å². The number of amidine groups is 1. The lowest BCUT2D eigenvalue weighted by atomic mass is 10.2. The fourth-order valence-corrected chi connectivity index (χ4v) is 6.20. The van der Waals surface area contributed by atoms with Gasteiger partial charge in [0.25, 0.3) is 7.44 Å². The number of alkyl halides is 3. The summed E-state index contributed by atoms with van der Waals surface area (Å²) in [6.45, 7) is 1.73. The standard InChI is InChI=1S/C22H19F4N6OP/c1-14-19-21(32(29-14)13-5-12-27)28-20(15-8-10-16(23)11-9-15)31(2)34(19,33)30-18-7-4-3-6-17(18)22(24,25)26/h3-4,6-11H,5,13H2,1-2H3,(H,30,33)/t34-/m1/s1. The third-order valence-electron chi connectivity index (χ3n) is 5.36. The third-order valence-corrected chi connectivity index (χ3v) is 8.06. The molecule has 0 unspecified atom stereocenters. The number of nitriles is 1. The molecule has 34 heavy (non-hydrogen) atoms. The van der Waals surface area contributed by atoms with Gasteiger partial charge in [0.05, 0.1) is 36.0 Å². The lowest BCUT2D eigenvalue weighted by molar-refractivity contribution is -0.136. The van der Waals surface area contributed by atoms with Gasteiger partial charge in [0.1, 0.15) is 17.0 Å². The molecule has 0 saturated heterocycles. The summed E-state index contributed by atoms with van der Waals surface area (Å²) in [5.74, 6) is -0.157. The second-order valence-electron chi connectivity index (χ2n) is 7.59. The van der Waals surface area contributed by atoms with Crippen LogP contribution < -0.4 is 10.4 Å². The number of anilines is 1. The minimum absolute atomic E-state index is 0.0967. The summed E-state index contributed by atoms with van der Waals surface area (Å²) in [6, 6.07) is 12.0. The van der Waals surface area contributed by atoms with Gasteiger partial charge in [-0.1, -0.05) is 12.1 Å². The molecule has 0 fully saturated rings. The van der Waals surface area contributed by atoms with Crippen LogP contribution in [0.4, 0.5) is 29.1 Å². The fourth-order valence-electron chi connectivity index (χ4n) is 3.77. The van der Waals surface area contributed by atoms with Crippen molar-refractivity contribution in [3.63, 3.8) is 0 Å². The van der Waals surface area contributed by atoms with Crippen molar-refractivity contribution in [3.8, 4) is 6.07 Å². The van der Waals surface area contributed by atoms with E-state index < -0.39 is 25.0 Å². The molecule has 1 atom stereocenters. The van der Waals surface area contributed by atoms with Crippen LogP contribution in [0.25, 0.3) is 0 Å². The molecule has 1 aliphatic heterocycles. The summed E-state index contributed by atoms with van der Waals surface area (Å²) in [5, 5.41) is 16.1. The molecule has 0 spiro atoms. The highest BCUT2D eigenvalue weighted by molar-refractivity contribution is 7.72. The van der Waals surface area contributed by atoms with E-state index in [1.54, 1.807) is 6.92 Å². The Hall–Kier alpha value is -3.64. The number of aryl methyl sites for hydroxylation is 2. The molecule has 12 heteroatoms. The van der Waals surface area contributed by atoms with Crippen LogP contribution in [-0.2, 0) is 17.3 Å². The van der Waals surface area contributed by atoms with Gasteiger partial charge in [0, 0.05) is 12.6 Å². The SMILES string of the molecule is Cc1nn(CCC#N)c2c1[P@@](=O)(Nc1ccccc1C(F)(F)F)N(C)C(c1ccc(F)cc1)=N2. The van der Waals surface area contributed by atoms with E-state index in [9.17, 15) is 22.1 Å². The number of halogens is 4. The molecule has 0 amide bonds. The maximum absolute atomic E-state index is 14.6. The van der Waals surface area contributed by atoms with Crippen molar-refractivity contribution in [1.29, 1.82) is 5.26 Å². The number of fused-ring (bicyclic) bond motifs is 1. The number of para-hydroxylation sites is 1. The van der Waals surface area contributed by atoms with Crippen LogP contribution >= 0.6 is 7.44 Å². The van der Waals surface area contributed by atoms with Crippen molar-refractivity contribution in [2.75, 3.05) is 12.1 Å². The highest BCUT2D eigenvalue weighted by Crippen LogP contribution is 2.55. The molecule has 0 radical (unpaired) electrons. The lowest BCUT2D eigenvalue weighted by Gasteiger charge is -2.35. The summed E-state index contributed by atoms with van der Waals surface area (Å²) in [4.78, 5) is 4.58. The van der Waals surface area contributed by atoms with E-state index in [0.29, 0.717) is 11.3 Å². The Morgan fingerprint density at radius 1 is 1.15 bits per heavy atom. The fraction of sp³-hybridized carbons (Fsp3) is 0.227. The normalized spacial score (nSPS) is 17.7. The van der Waals surface area contributed by atoms with Crippen molar-refractivity contribution in [3.05, 3.63) is 71.2 Å². The summed E-state index contributed by atoms with van der Waals surface area (Å²) in [6.07, 6.45) is -4.58. The van der Waals surface area contributed by atoms with Gasteiger partial charge in [-0.3, -0.25) is 9.24 Å². The van der Waals surface area contributed by atoms with E-state index in [1.165, 1.54) is 58.9 Å². The molecule has 0 saturated carbocycles. The van der Waals surface area contributed by atoms with Crippen LogP contribution in [0, 0.1) is 24.1 Å². The number of hydrogen-bond donors (Lipinski definition) is 1. The predicted molar refractivity (Wildman–Crippen MR) is 120 cm³/mol. The third kappa shape index (κ3) is 4.05. The van der Waals surface area contributed by atoms with Crippen molar-refractivity contribution < 1.29 is 22.1 Å². The zero-order chi connectivity index (χ0) is 24.7. The molecule has 2 heterocycles. The maximum Gasteiger partial charge on any atom is 0.418 e. The van der Waals surface area contributed by atoms with Gasteiger partial charge in [-0.2, -0.15) is 23.5 Å². The average molecular weight is 490 g/mol. The Morgan fingerprint density at radius 3 is 2.47 bits per heavy atom. The Balaban J connectivity index is 1.93. The molecule has 1 N–H and O–H groups in total. The number of aliphatic imine (C=N–C) groups is 1. The van der Waals surface area contributed by atoms with E-state index in [0.717, 1.165) is 6.07 Å². The summed E-state index contributed by atoms with van der Waals surface area (Å²) < 4.78 is 71.8. The quantitative estimate of drug-likeness (QED) is 0.392. The van der Waals surface area contributed by atoms with Crippen molar-refractivity contribution >= 4 is 30.1 Å². The van der Waals surface area contributed by atoms with Gasteiger partial charge in [0.2, 0.25) is 0 Å². The number of aromatic nitrogens is 2. The zero-order valence-electron chi connectivity index (χ0n) is 18.1. The molecule has 1 aliphatic rings. The monoisotopic (exact) mass is 490 g/mol. The number of nitrogens with one attached hydrogen (secondary N) is 1. The van der Waals surface area contributed by atoms with Gasteiger partial charge in [-0.25, -0.2) is 14.1 Å². The Bertz CT molecular complexity index is 1360. The first-order chi connectivity index (χ1) is 16.1. The van der Waals surface area contributed by atoms with E-state index >= 15 is 0 Å². The van der Waals surface area contributed by atoms with Gasteiger partial charge in [-0.15, -0.1) is 0 Å². The summed E-state index contributed by atoms with van der Waals surface area (Å²) >= 11 is 0. The molecule has 0 bridgehead atoms. The number of hydrogen-bond acceptors (Lipinski definition) is 4. The average Bonchev–Trinajstić information content (AvgIpc) is 3.11. The highest BCUT2D eigenvalue weighted by Gasteiger charge is 2.44. The minimum Gasteiger partial charge on any atom is -0.316 e. The Kier molecular flexibility index (Phi) is 5.96. The second-order valence-corrected chi connectivity index (χ2v) is 10.0.